The van der Waals surface area contributed by atoms with E-state index in [1.807, 2.05) is 0 Å². The van der Waals surface area contributed by atoms with Gasteiger partial charge in [-0.1, -0.05) is 6.42 Å². The summed E-state index contributed by atoms with van der Waals surface area (Å²) in [5.41, 5.74) is 0. The van der Waals surface area contributed by atoms with Crippen LogP contribution in [0.15, 0.2) is 0 Å². The van der Waals surface area contributed by atoms with Crippen molar-refractivity contribution >= 4 is 9.84 Å². The Kier molecular flexibility index (Phi) is 4.10. The zero-order valence-electron chi connectivity index (χ0n) is 10.9. The van der Waals surface area contributed by atoms with Crippen molar-refractivity contribution in [3.05, 3.63) is 0 Å². The topological polar surface area (TPSA) is 49.4 Å². The highest BCUT2D eigenvalue weighted by molar-refractivity contribution is 7.91. The largest absolute Gasteiger partial charge is 0.311 e. The number of nitrogens with one attached hydrogen (secondary N) is 1. The molecule has 0 heterocycles. The van der Waals surface area contributed by atoms with Gasteiger partial charge in [-0.2, -0.15) is 0 Å². The van der Waals surface area contributed by atoms with Crippen LogP contribution in [0.25, 0.3) is 0 Å². The lowest BCUT2D eigenvalue weighted by Crippen LogP contribution is -2.43. The summed E-state index contributed by atoms with van der Waals surface area (Å²) in [4.78, 5) is 2.37. The van der Waals surface area contributed by atoms with Gasteiger partial charge in [0.2, 0.25) is 0 Å². The van der Waals surface area contributed by atoms with Crippen molar-refractivity contribution in [2.75, 3.05) is 26.4 Å². The van der Waals surface area contributed by atoms with E-state index in [1.165, 1.54) is 19.1 Å². The van der Waals surface area contributed by atoms with Gasteiger partial charge in [-0.05, 0) is 32.7 Å². The van der Waals surface area contributed by atoms with Crippen molar-refractivity contribution in [3.8, 4) is 0 Å². The zero-order chi connectivity index (χ0) is 12.5. The molecule has 5 heteroatoms. The molecular formula is C12H24N2O2S. The maximum absolute atomic E-state index is 11.6. The lowest BCUT2D eigenvalue weighted by molar-refractivity contribution is 0.314. The van der Waals surface area contributed by atoms with E-state index in [0.29, 0.717) is 0 Å². The monoisotopic (exact) mass is 260 g/mol. The minimum absolute atomic E-state index is 0.159. The Bertz CT molecular complexity index is 352. The van der Waals surface area contributed by atoms with E-state index in [1.54, 1.807) is 0 Å². The Labute approximate surface area is 105 Å². The van der Waals surface area contributed by atoms with Gasteiger partial charge in [-0.3, -0.25) is 0 Å². The molecule has 2 atom stereocenters. The molecule has 2 unspecified atom stereocenters. The fraction of sp³-hybridized carbons (Fsp3) is 1.00. The fourth-order valence-corrected chi connectivity index (χ4v) is 4.22. The molecule has 2 aliphatic carbocycles. The molecule has 4 nitrogen and oxygen atoms in total. The first kappa shape index (κ1) is 13.3. The Hall–Kier alpha value is -0.130. The molecule has 0 amide bonds. The molecule has 0 aromatic rings. The summed E-state index contributed by atoms with van der Waals surface area (Å²) in [6.45, 7) is 1.93. The molecule has 2 fully saturated rings. The van der Waals surface area contributed by atoms with Crippen LogP contribution in [0.4, 0.5) is 0 Å². The lowest BCUT2D eigenvalue weighted by atomic mass is 10.2. The first-order chi connectivity index (χ1) is 7.98. The summed E-state index contributed by atoms with van der Waals surface area (Å²) in [7, 11) is -0.728. The smallest absolute Gasteiger partial charge is 0.151 e. The molecule has 2 rings (SSSR count). The van der Waals surface area contributed by atoms with Gasteiger partial charge in [-0.25, -0.2) is 8.42 Å². The summed E-state index contributed by atoms with van der Waals surface area (Å²) < 4.78 is 23.2. The van der Waals surface area contributed by atoms with E-state index in [9.17, 15) is 8.42 Å². The number of nitrogens with zero attached hydrogens (tertiary/aromatic N) is 1. The first-order valence-corrected chi connectivity index (χ1v) is 8.56. The van der Waals surface area contributed by atoms with E-state index in [0.717, 1.165) is 38.4 Å². The highest BCUT2D eigenvalue weighted by atomic mass is 32.2. The van der Waals surface area contributed by atoms with Crippen LogP contribution in [0.5, 0.6) is 0 Å². The molecule has 1 N–H and O–H groups in total. The lowest BCUT2D eigenvalue weighted by Gasteiger charge is -2.22. The molecule has 0 radical (unpaired) electrons. The predicted octanol–water partition coefficient (Wildman–Crippen LogP) is 0.636. The van der Waals surface area contributed by atoms with Gasteiger partial charge in [0, 0.05) is 31.4 Å². The molecular weight excluding hydrogens is 236 g/mol. The van der Waals surface area contributed by atoms with Gasteiger partial charge in [0.05, 0.1) is 5.25 Å². The second-order valence-electron chi connectivity index (χ2n) is 5.57. The minimum Gasteiger partial charge on any atom is -0.311 e. The van der Waals surface area contributed by atoms with E-state index in [4.69, 9.17) is 0 Å². The third-order valence-electron chi connectivity index (χ3n) is 4.04. The van der Waals surface area contributed by atoms with Crippen molar-refractivity contribution in [2.24, 2.45) is 0 Å². The first-order valence-electron chi connectivity index (χ1n) is 6.61. The van der Waals surface area contributed by atoms with Crippen molar-refractivity contribution in [2.45, 2.75) is 49.4 Å². The van der Waals surface area contributed by atoms with Gasteiger partial charge in [0.25, 0.3) is 0 Å². The van der Waals surface area contributed by atoms with Crippen LogP contribution in [0.3, 0.4) is 0 Å². The van der Waals surface area contributed by atoms with Gasteiger partial charge in [0.15, 0.2) is 9.84 Å². The van der Waals surface area contributed by atoms with Gasteiger partial charge >= 0.3 is 0 Å². The van der Waals surface area contributed by atoms with Crippen molar-refractivity contribution in [3.63, 3.8) is 0 Å². The minimum atomic E-state index is -2.88. The van der Waals surface area contributed by atoms with E-state index in [2.05, 4.69) is 17.3 Å². The third-order valence-corrected chi connectivity index (χ3v) is 5.71. The number of hydrogen-bond donors (Lipinski definition) is 1. The van der Waals surface area contributed by atoms with Crippen LogP contribution in [0, 0.1) is 0 Å². The number of hydrogen-bond acceptors (Lipinski definition) is 4. The number of rotatable bonds is 6. The summed E-state index contributed by atoms with van der Waals surface area (Å²) >= 11 is 0. The summed E-state index contributed by atoms with van der Waals surface area (Å²) in [6.07, 6.45) is 6.89. The molecule has 100 valence electrons. The molecule has 0 spiro atoms. The Balaban J connectivity index is 1.74. The van der Waals surface area contributed by atoms with Crippen LogP contribution in [-0.4, -0.2) is 57.0 Å². The Morgan fingerprint density at radius 1 is 1.24 bits per heavy atom. The third kappa shape index (κ3) is 3.66. The van der Waals surface area contributed by atoms with Crippen molar-refractivity contribution in [1.82, 2.24) is 10.2 Å². The normalized spacial score (nSPS) is 30.1. The molecule has 2 aliphatic rings. The van der Waals surface area contributed by atoms with Crippen molar-refractivity contribution in [1.29, 1.82) is 0 Å². The van der Waals surface area contributed by atoms with Crippen LogP contribution in [0.1, 0.15) is 32.1 Å². The maximum atomic E-state index is 11.6. The fourth-order valence-electron chi connectivity index (χ4n) is 2.80. The standard InChI is InChI=1S/C12H24N2O2S/c1-14(10-6-7-10)9-8-13-11-4-3-5-12(11)17(2,15)16/h10-13H,3-9H2,1-2H3. The molecule has 0 saturated heterocycles. The SMILES string of the molecule is CN(CCNC1CCCC1S(C)(=O)=O)C1CC1. The van der Waals surface area contributed by atoms with E-state index in [-0.39, 0.29) is 11.3 Å². The summed E-state index contributed by atoms with van der Waals surface area (Å²) in [6, 6.07) is 0.962. The molecule has 0 bridgehead atoms. The predicted molar refractivity (Wildman–Crippen MR) is 69.9 cm³/mol. The molecule has 2 saturated carbocycles. The quantitative estimate of drug-likeness (QED) is 0.761. The summed E-state index contributed by atoms with van der Waals surface area (Å²) in [5, 5.41) is 3.27. The Morgan fingerprint density at radius 2 is 1.94 bits per heavy atom. The van der Waals surface area contributed by atoms with Crippen LogP contribution in [0.2, 0.25) is 0 Å². The molecule has 0 aromatic heterocycles. The summed E-state index contributed by atoms with van der Waals surface area (Å²) in [5.74, 6) is 0. The average molecular weight is 260 g/mol. The Morgan fingerprint density at radius 3 is 2.53 bits per heavy atom. The zero-order valence-corrected chi connectivity index (χ0v) is 11.7. The molecule has 0 aliphatic heterocycles. The van der Waals surface area contributed by atoms with Crippen molar-refractivity contribution < 1.29 is 8.42 Å². The van der Waals surface area contributed by atoms with Gasteiger partial charge in [0.1, 0.15) is 0 Å². The second-order valence-corrected chi connectivity index (χ2v) is 7.84. The van der Waals surface area contributed by atoms with Gasteiger partial charge < -0.3 is 10.2 Å². The number of likely N-dealkylation sites (N-methyl/N-ethyl adjacent to an activating group) is 1. The van der Waals surface area contributed by atoms with Gasteiger partial charge in [-0.15, -0.1) is 0 Å². The maximum Gasteiger partial charge on any atom is 0.151 e. The van der Waals surface area contributed by atoms with E-state index >= 15 is 0 Å². The molecule has 0 aromatic carbocycles. The van der Waals surface area contributed by atoms with Crippen LogP contribution >= 0.6 is 0 Å². The van der Waals surface area contributed by atoms with Crippen LogP contribution in [-0.2, 0) is 9.84 Å². The molecule has 17 heavy (non-hydrogen) atoms. The average Bonchev–Trinajstić information content (AvgIpc) is 2.97. The van der Waals surface area contributed by atoms with Crippen LogP contribution < -0.4 is 5.32 Å². The second kappa shape index (κ2) is 5.24. The number of sulfone groups is 1. The highest BCUT2D eigenvalue weighted by Gasteiger charge is 2.34. The van der Waals surface area contributed by atoms with E-state index < -0.39 is 9.84 Å². The highest BCUT2D eigenvalue weighted by Crippen LogP contribution is 2.26.